The van der Waals surface area contributed by atoms with E-state index in [-0.39, 0.29) is 6.67 Å². The van der Waals surface area contributed by atoms with Gasteiger partial charge in [-0.05, 0) is 24.3 Å². The molecule has 0 radical (unpaired) electrons. The van der Waals surface area contributed by atoms with Crippen LogP contribution >= 0.6 is 0 Å². The molecule has 0 heterocycles. The van der Waals surface area contributed by atoms with Gasteiger partial charge in [0.2, 0.25) is 0 Å². The second-order valence-corrected chi connectivity index (χ2v) is 3.87. The average Bonchev–Trinajstić information content (AvgIpc) is 2.28. The molecule has 72 valence electrons. The Labute approximate surface area is 79.8 Å². The number of alkyl halides is 1. The van der Waals surface area contributed by atoms with Gasteiger partial charge in [-0.1, -0.05) is 43.7 Å². The Hall–Kier alpha value is -0.850. The third-order valence-electron chi connectivity index (χ3n) is 2.02. The molecule has 0 nitrogen and oxygen atoms in total. The molecular formula is C12H17F. The van der Waals surface area contributed by atoms with Crippen LogP contribution in [0.3, 0.4) is 0 Å². The van der Waals surface area contributed by atoms with Crippen LogP contribution in [0.5, 0.6) is 0 Å². The van der Waals surface area contributed by atoms with Crippen LogP contribution in [0, 0.1) is 5.92 Å². The van der Waals surface area contributed by atoms with Crippen LogP contribution in [0.4, 0.5) is 4.39 Å². The molecule has 1 rings (SSSR count). The van der Waals surface area contributed by atoms with Gasteiger partial charge in [-0.15, -0.1) is 0 Å². The van der Waals surface area contributed by atoms with Crippen molar-refractivity contribution in [2.24, 2.45) is 5.92 Å². The molecular weight excluding hydrogens is 163 g/mol. The number of hydrogen-bond acceptors (Lipinski definition) is 0. The molecule has 0 bridgehead atoms. The lowest BCUT2D eigenvalue weighted by molar-refractivity contribution is 0.548. The first-order valence-electron chi connectivity index (χ1n) is 4.84. The summed E-state index contributed by atoms with van der Waals surface area (Å²) < 4.78 is 12.4. The molecule has 0 aliphatic heterocycles. The van der Waals surface area contributed by atoms with Crippen molar-refractivity contribution in [2.45, 2.75) is 26.7 Å². The van der Waals surface area contributed by atoms with Gasteiger partial charge in [0.25, 0.3) is 0 Å². The van der Waals surface area contributed by atoms with Crippen molar-refractivity contribution in [3.8, 4) is 0 Å². The fourth-order valence-corrected chi connectivity index (χ4v) is 1.48. The van der Waals surface area contributed by atoms with Crippen molar-refractivity contribution < 1.29 is 4.39 Å². The van der Waals surface area contributed by atoms with Crippen LogP contribution in [0.1, 0.15) is 26.7 Å². The van der Waals surface area contributed by atoms with Gasteiger partial charge >= 0.3 is 0 Å². The molecule has 0 saturated carbocycles. The average molecular weight is 180 g/mol. The first-order valence-corrected chi connectivity index (χ1v) is 4.84. The summed E-state index contributed by atoms with van der Waals surface area (Å²) in [5.41, 5.74) is 2.07. The summed E-state index contributed by atoms with van der Waals surface area (Å²) in [6.45, 7) is 4.01. The zero-order chi connectivity index (χ0) is 9.68. The summed E-state index contributed by atoms with van der Waals surface area (Å²) in [4.78, 5) is 0. The molecule has 0 amide bonds. The summed E-state index contributed by atoms with van der Waals surface area (Å²) in [7, 11) is 0. The molecule has 13 heavy (non-hydrogen) atoms. The number of hydrogen-bond donors (Lipinski definition) is 0. The monoisotopic (exact) mass is 180 g/mol. The Balaban J connectivity index is 2.69. The van der Waals surface area contributed by atoms with Crippen molar-refractivity contribution in [1.29, 1.82) is 0 Å². The first kappa shape index (κ1) is 10.2. The van der Waals surface area contributed by atoms with Crippen molar-refractivity contribution in [2.75, 3.05) is 6.67 Å². The summed E-state index contributed by atoms with van der Waals surface area (Å²) in [6.07, 6.45) is 10.0. The highest BCUT2D eigenvalue weighted by atomic mass is 19.1. The number of allylic oxidation sites excluding steroid dienone is 6. The molecule has 0 aromatic rings. The van der Waals surface area contributed by atoms with Gasteiger partial charge in [-0.25, -0.2) is 4.39 Å². The zero-order valence-corrected chi connectivity index (χ0v) is 8.39. The third kappa shape index (κ3) is 3.58. The molecule has 0 saturated heterocycles. The lowest BCUT2D eigenvalue weighted by Gasteiger charge is -2.05. The summed E-state index contributed by atoms with van der Waals surface area (Å²) in [5.74, 6) is 0.640. The first-order chi connectivity index (χ1) is 6.22. The van der Waals surface area contributed by atoms with Gasteiger partial charge in [0, 0.05) is 0 Å². The van der Waals surface area contributed by atoms with Gasteiger partial charge in [-0.3, -0.25) is 0 Å². The van der Waals surface area contributed by atoms with Crippen LogP contribution in [-0.4, -0.2) is 6.67 Å². The maximum atomic E-state index is 12.4. The molecule has 0 aromatic carbocycles. The van der Waals surface area contributed by atoms with Crippen molar-refractivity contribution >= 4 is 0 Å². The Morgan fingerprint density at radius 1 is 1.38 bits per heavy atom. The van der Waals surface area contributed by atoms with E-state index in [1.165, 1.54) is 5.57 Å². The smallest absolute Gasteiger partial charge is 0.115 e. The maximum absolute atomic E-state index is 12.4. The molecule has 1 aliphatic rings. The fourth-order valence-electron chi connectivity index (χ4n) is 1.48. The zero-order valence-electron chi connectivity index (χ0n) is 8.39. The molecule has 0 unspecified atom stereocenters. The van der Waals surface area contributed by atoms with Crippen LogP contribution in [0.25, 0.3) is 0 Å². The summed E-state index contributed by atoms with van der Waals surface area (Å²) >= 11 is 0. The van der Waals surface area contributed by atoms with Crippen LogP contribution in [0.15, 0.2) is 35.5 Å². The lowest BCUT2D eigenvalue weighted by atomic mass is 10.0. The van der Waals surface area contributed by atoms with E-state index in [0.717, 1.165) is 18.4 Å². The minimum atomic E-state index is -0.355. The van der Waals surface area contributed by atoms with Crippen molar-refractivity contribution in [3.63, 3.8) is 0 Å². The standard InChI is InChI=1S/C12H17F/c1-10(2)7-11-5-3-4-6-12(8-11)9-13/h4-6,8,10H,3,7,9H2,1-2H3. The van der Waals surface area contributed by atoms with Crippen LogP contribution in [-0.2, 0) is 0 Å². The van der Waals surface area contributed by atoms with E-state index in [2.05, 4.69) is 19.9 Å². The second-order valence-electron chi connectivity index (χ2n) is 3.87. The van der Waals surface area contributed by atoms with Gasteiger partial charge < -0.3 is 0 Å². The van der Waals surface area contributed by atoms with Crippen molar-refractivity contribution in [1.82, 2.24) is 0 Å². The Morgan fingerprint density at radius 2 is 2.15 bits per heavy atom. The van der Waals surface area contributed by atoms with E-state index in [0.29, 0.717) is 5.92 Å². The third-order valence-corrected chi connectivity index (χ3v) is 2.02. The molecule has 0 atom stereocenters. The lowest BCUT2D eigenvalue weighted by Crippen LogP contribution is -1.90. The highest BCUT2D eigenvalue weighted by molar-refractivity contribution is 5.34. The SMILES string of the molecule is CC(C)CC1=CCC=CC(CF)=C1. The quantitative estimate of drug-likeness (QED) is 0.619. The van der Waals surface area contributed by atoms with Gasteiger partial charge in [0.15, 0.2) is 0 Å². The molecule has 0 N–H and O–H groups in total. The number of halogens is 1. The highest BCUT2D eigenvalue weighted by Gasteiger charge is 2.02. The Kier molecular flexibility index (Phi) is 3.94. The van der Waals surface area contributed by atoms with E-state index in [4.69, 9.17) is 0 Å². The number of rotatable bonds is 3. The van der Waals surface area contributed by atoms with Crippen LogP contribution < -0.4 is 0 Å². The molecule has 1 aliphatic carbocycles. The molecule has 1 heteroatoms. The van der Waals surface area contributed by atoms with E-state index < -0.39 is 0 Å². The Bertz CT molecular complexity index is 244. The summed E-state index contributed by atoms with van der Waals surface area (Å²) in [5, 5.41) is 0. The van der Waals surface area contributed by atoms with Gasteiger partial charge in [0.05, 0.1) is 0 Å². The maximum Gasteiger partial charge on any atom is 0.115 e. The highest BCUT2D eigenvalue weighted by Crippen LogP contribution is 2.18. The molecule has 0 spiro atoms. The van der Waals surface area contributed by atoms with E-state index in [9.17, 15) is 4.39 Å². The largest absolute Gasteiger partial charge is 0.246 e. The predicted molar refractivity (Wildman–Crippen MR) is 55.4 cm³/mol. The Morgan fingerprint density at radius 3 is 2.77 bits per heavy atom. The van der Waals surface area contributed by atoms with Crippen LogP contribution in [0.2, 0.25) is 0 Å². The normalized spacial score (nSPS) is 16.9. The van der Waals surface area contributed by atoms with Crippen molar-refractivity contribution in [3.05, 3.63) is 35.5 Å². The fraction of sp³-hybridized carbons (Fsp3) is 0.500. The molecule has 0 fully saturated rings. The van der Waals surface area contributed by atoms with Gasteiger partial charge in [0.1, 0.15) is 6.67 Å². The minimum absolute atomic E-state index is 0.355. The predicted octanol–water partition coefficient (Wildman–Crippen LogP) is 3.81. The van der Waals surface area contributed by atoms with E-state index in [1.807, 2.05) is 18.2 Å². The second kappa shape index (κ2) is 5.00. The van der Waals surface area contributed by atoms with E-state index >= 15 is 0 Å². The van der Waals surface area contributed by atoms with E-state index in [1.54, 1.807) is 0 Å². The summed E-state index contributed by atoms with van der Waals surface area (Å²) in [6, 6.07) is 0. The van der Waals surface area contributed by atoms with Gasteiger partial charge in [-0.2, -0.15) is 0 Å². The topological polar surface area (TPSA) is 0 Å². The minimum Gasteiger partial charge on any atom is -0.246 e. The molecule has 0 aromatic heterocycles.